The Kier molecular flexibility index (Phi) is 7.39. The molecule has 8 heterocycles. The molecule has 54 heavy (non-hydrogen) atoms. The van der Waals surface area contributed by atoms with E-state index in [2.05, 4.69) is 63.0 Å². The van der Waals surface area contributed by atoms with Gasteiger partial charge in [-0.25, -0.2) is 9.97 Å². The third-order valence-electron chi connectivity index (χ3n) is 9.64. The SMILES string of the molecule is CN1C=CN(c2cncc(Oc3ccc4c(c3)n(-c3ccccn3)c3c5ccc(Oc6cncc(N7C=CN(C)C7)c6)cc5n(-c5ccccn5)c43)c2)C1. The van der Waals surface area contributed by atoms with E-state index in [-0.39, 0.29) is 0 Å². The minimum Gasteiger partial charge on any atom is -0.456 e. The van der Waals surface area contributed by atoms with Gasteiger partial charge in [-0.2, -0.15) is 0 Å². The molecule has 12 heteroatoms. The van der Waals surface area contributed by atoms with Gasteiger partial charge in [0.25, 0.3) is 0 Å². The summed E-state index contributed by atoms with van der Waals surface area (Å²) >= 11 is 0. The molecule has 2 aliphatic heterocycles. The Bertz CT molecular complexity index is 2550. The van der Waals surface area contributed by atoms with Crippen LogP contribution in [0.25, 0.3) is 44.5 Å². The predicted octanol–water partition coefficient (Wildman–Crippen LogP) is 8.25. The minimum absolute atomic E-state index is 0.649. The molecule has 0 amide bonds. The standard InChI is InChI=1S/C42H34N10O2/c1-47-15-17-49(27-47)29-19-33(25-43-23-29)53-31-9-11-35-37(21-31)51(39-7-3-5-13-45-39)42-36-12-10-32(22-38(36)52(41(35)42)40-8-4-6-14-46-40)54-34-20-30(24-44-26-34)50-18-16-48(2)28-50/h3-26H,27-28H2,1-2H3. The Hall–Kier alpha value is -7.34. The molecule has 0 saturated heterocycles. The lowest BCUT2D eigenvalue weighted by atomic mass is 10.2. The van der Waals surface area contributed by atoms with Crippen LogP contribution in [-0.4, -0.2) is 66.3 Å². The van der Waals surface area contributed by atoms with Gasteiger partial charge in [-0.3, -0.25) is 19.1 Å². The zero-order chi connectivity index (χ0) is 36.2. The number of anilines is 2. The van der Waals surface area contributed by atoms with Crippen LogP contribution in [0.4, 0.5) is 11.4 Å². The molecule has 8 aromatic rings. The summed E-state index contributed by atoms with van der Waals surface area (Å²) in [6, 6.07) is 28.3. The van der Waals surface area contributed by atoms with Gasteiger partial charge >= 0.3 is 0 Å². The van der Waals surface area contributed by atoms with Gasteiger partial charge in [0.1, 0.15) is 34.6 Å². The van der Waals surface area contributed by atoms with Crippen molar-refractivity contribution in [2.24, 2.45) is 0 Å². The van der Waals surface area contributed by atoms with Gasteiger partial charge in [-0.15, -0.1) is 0 Å². The Morgan fingerprint density at radius 1 is 0.500 bits per heavy atom. The highest BCUT2D eigenvalue weighted by molar-refractivity contribution is 6.20. The molecule has 0 spiro atoms. The van der Waals surface area contributed by atoms with Crippen molar-refractivity contribution in [1.82, 2.24) is 38.9 Å². The normalized spacial score (nSPS) is 14.0. The number of fused-ring (bicyclic) bond motifs is 5. The maximum atomic E-state index is 6.49. The van der Waals surface area contributed by atoms with E-state index in [4.69, 9.17) is 19.4 Å². The zero-order valence-corrected chi connectivity index (χ0v) is 29.6. The summed E-state index contributed by atoms with van der Waals surface area (Å²) in [5.41, 5.74) is 5.79. The van der Waals surface area contributed by atoms with Crippen molar-refractivity contribution in [2.45, 2.75) is 0 Å². The maximum absolute atomic E-state index is 6.49. The van der Waals surface area contributed by atoms with Crippen LogP contribution >= 0.6 is 0 Å². The lowest BCUT2D eigenvalue weighted by Crippen LogP contribution is -2.21. The molecule has 0 atom stereocenters. The van der Waals surface area contributed by atoms with Crippen LogP contribution in [0.2, 0.25) is 0 Å². The summed E-state index contributed by atoms with van der Waals surface area (Å²) in [5, 5.41) is 2.04. The van der Waals surface area contributed by atoms with E-state index in [0.29, 0.717) is 23.0 Å². The Morgan fingerprint density at radius 3 is 1.39 bits per heavy atom. The third-order valence-corrected chi connectivity index (χ3v) is 9.64. The predicted molar refractivity (Wildman–Crippen MR) is 210 cm³/mol. The van der Waals surface area contributed by atoms with Gasteiger partial charge in [0.15, 0.2) is 0 Å². The highest BCUT2D eigenvalue weighted by atomic mass is 16.5. The van der Waals surface area contributed by atoms with Gasteiger partial charge in [0.05, 0.1) is 71.6 Å². The van der Waals surface area contributed by atoms with E-state index >= 15 is 0 Å². The van der Waals surface area contributed by atoms with Gasteiger partial charge in [-0.05, 0) is 48.5 Å². The van der Waals surface area contributed by atoms with Gasteiger partial charge < -0.3 is 29.1 Å². The average Bonchev–Trinajstić information content (AvgIpc) is 3.99. The molecule has 0 N–H and O–H groups in total. The van der Waals surface area contributed by atoms with Crippen molar-refractivity contribution >= 4 is 44.2 Å². The molecular formula is C42H34N10O2. The van der Waals surface area contributed by atoms with Crippen LogP contribution in [0.5, 0.6) is 23.0 Å². The van der Waals surface area contributed by atoms with Gasteiger partial charge in [0.2, 0.25) is 0 Å². The Morgan fingerprint density at radius 2 is 0.981 bits per heavy atom. The second-order valence-corrected chi connectivity index (χ2v) is 13.4. The fraction of sp³-hybridized carbons (Fsp3) is 0.0952. The molecule has 12 nitrogen and oxygen atoms in total. The monoisotopic (exact) mass is 710 g/mol. The van der Waals surface area contributed by atoms with Gasteiger partial charge in [-0.1, -0.05) is 12.1 Å². The number of benzene rings is 2. The summed E-state index contributed by atoms with van der Waals surface area (Å²) < 4.78 is 17.4. The van der Waals surface area contributed by atoms with E-state index in [0.717, 1.165) is 69.2 Å². The fourth-order valence-electron chi connectivity index (χ4n) is 7.22. The Labute approximate surface area is 310 Å². The van der Waals surface area contributed by atoms with E-state index < -0.39 is 0 Å². The zero-order valence-electron chi connectivity index (χ0n) is 29.6. The summed E-state index contributed by atoms with van der Waals surface area (Å²) in [7, 11) is 4.08. The van der Waals surface area contributed by atoms with Crippen molar-refractivity contribution in [3.05, 3.63) is 147 Å². The highest BCUT2D eigenvalue weighted by Gasteiger charge is 2.24. The van der Waals surface area contributed by atoms with Crippen LogP contribution in [0, 0.1) is 0 Å². The number of rotatable bonds is 8. The van der Waals surface area contributed by atoms with Crippen LogP contribution in [0.3, 0.4) is 0 Å². The molecule has 0 unspecified atom stereocenters. The molecule has 264 valence electrons. The Balaban J connectivity index is 1.12. The first-order chi connectivity index (χ1) is 26.6. The molecule has 0 aliphatic carbocycles. The maximum Gasteiger partial charge on any atom is 0.147 e. The van der Waals surface area contributed by atoms with Crippen LogP contribution in [0.1, 0.15) is 0 Å². The quantitative estimate of drug-likeness (QED) is 0.154. The molecule has 10 rings (SSSR count). The van der Waals surface area contributed by atoms with E-state index in [1.807, 2.05) is 124 Å². The lowest BCUT2D eigenvalue weighted by Gasteiger charge is -2.18. The van der Waals surface area contributed by atoms with Crippen molar-refractivity contribution < 1.29 is 9.47 Å². The largest absolute Gasteiger partial charge is 0.456 e. The van der Waals surface area contributed by atoms with E-state index in [1.54, 1.807) is 12.4 Å². The van der Waals surface area contributed by atoms with Crippen LogP contribution in [-0.2, 0) is 0 Å². The molecule has 6 aromatic heterocycles. The van der Waals surface area contributed by atoms with E-state index in [9.17, 15) is 0 Å². The fourth-order valence-corrected chi connectivity index (χ4v) is 7.22. The van der Waals surface area contributed by atoms with Gasteiger partial charge in [0, 0.05) is 86.3 Å². The first-order valence-electron chi connectivity index (χ1n) is 17.6. The topological polar surface area (TPSA) is 92.8 Å². The second-order valence-electron chi connectivity index (χ2n) is 13.4. The second kappa shape index (κ2) is 12.7. The minimum atomic E-state index is 0.649. The average molecular weight is 711 g/mol. The summed E-state index contributed by atoms with van der Waals surface area (Å²) in [4.78, 5) is 27.1. The van der Waals surface area contributed by atoms with E-state index in [1.165, 1.54) is 0 Å². The van der Waals surface area contributed by atoms with Crippen molar-refractivity contribution in [3.8, 4) is 34.6 Å². The molecule has 2 aliphatic rings. The first-order valence-corrected chi connectivity index (χ1v) is 17.6. The molecule has 0 saturated carbocycles. The number of hydrogen-bond acceptors (Lipinski definition) is 10. The smallest absolute Gasteiger partial charge is 0.147 e. The molecule has 2 aromatic carbocycles. The van der Waals surface area contributed by atoms with Crippen molar-refractivity contribution in [2.75, 3.05) is 37.2 Å². The van der Waals surface area contributed by atoms with Crippen molar-refractivity contribution in [3.63, 3.8) is 0 Å². The number of ether oxygens (including phenoxy) is 2. The molecule has 0 fully saturated rings. The summed E-state index contributed by atoms with van der Waals surface area (Å²) in [6.07, 6.45) is 18.9. The summed E-state index contributed by atoms with van der Waals surface area (Å²) in [5.74, 6) is 4.24. The molecule has 0 radical (unpaired) electrons. The van der Waals surface area contributed by atoms with Crippen LogP contribution in [0.15, 0.2) is 147 Å². The lowest BCUT2D eigenvalue weighted by molar-refractivity contribution is 0.478. The molecular weight excluding hydrogens is 677 g/mol. The third kappa shape index (κ3) is 5.48. The van der Waals surface area contributed by atoms with Crippen LogP contribution < -0.4 is 19.3 Å². The first kappa shape index (κ1) is 31.4. The molecule has 0 bridgehead atoms. The number of aromatic nitrogens is 6. The van der Waals surface area contributed by atoms with Crippen molar-refractivity contribution in [1.29, 1.82) is 0 Å². The highest BCUT2D eigenvalue weighted by Crippen LogP contribution is 2.43. The number of nitrogens with zero attached hydrogens (tertiary/aromatic N) is 10. The number of pyridine rings is 4. The summed E-state index contributed by atoms with van der Waals surface area (Å²) in [6.45, 7) is 1.50. The number of hydrogen-bond donors (Lipinski definition) is 0.